The second-order valence-corrected chi connectivity index (χ2v) is 5.71. The largest absolute Gasteiger partial charge is 0.444 e. The number of hydrogen-bond acceptors (Lipinski definition) is 2. The van der Waals surface area contributed by atoms with Gasteiger partial charge in [-0.15, -0.1) is 6.58 Å². The number of carbonyl (C=O) groups excluding carboxylic acids is 1. The van der Waals surface area contributed by atoms with Gasteiger partial charge in [0.2, 0.25) is 0 Å². The third-order valence-electron chi connectivity index (χ3n) is 2.29. The molecule has 0 radical (unpaired) electrons. The van der Waals surface area contributed by atoms with Crippen molar-refractivity contribution in [2.45, 2.75) is 32.9 Å². The SMILES string of the molecule is C=CCN(Cc1ccc(Cl)cc1)C(=O)OC(C)(C)C. The Morgan fingerprint density at radius 2 is 1.95 bits per heavy atom. The van der Waals surface area contributed by atoms with Gasteiger partial charge in [0.25, 0.3) is 0 Å². The van der Waals surface area contributed by atoms with E-state index in [4.69, 9.17) is 16.3 Å². The van der Waals surface area contributed by atoms with Crippen molar-refractivity contribution in [3.8, 4) is 0 Å². The molecule has 0 saturated heterocycles. The number of rotatable bonds is 4. The maximum atomic E-state index is 12.0. The van der Waals surface area contributed by atoms with E-state index in [-0.39, 0.29) is 6.09 Å². The summed E-state index contributed by atoms with van der Waals surface area (Å²) in [6.45, 7) is 10.1. The zero-order valence-corrected chi connectivity index (χ0v) is 12.4. The van der Waals surface area contributed by atoms with Crippen molar-refractivity contribution in [3.63, 3.8) is 0 Å². The zero-order chi connectivity index (χ0) is 14.5. The van der Waals surface area contributed by atoms with E-state index in [2.05, 4.69) is 6.58 Å². The lowest BCUT2D eigenvalue weighted by Gasteiger charge is -2.26. The van der Waals surface area contributed by atoms with Crippen LogP contribution >= 0.6 is 11.6 Å². The van der Waals surface area contributed by atoms with Crippen LogP contribution in [0, 0.1) is 0 Å². The van der Waals surface area contributed by atoms with Crippen LogP contribution in [-0.2, 0) is 11.3 Å². The first-order valence-electron chi connectivity index (χ1n) is 6.15. The second-order valence-electron chi connectivity index (χ2n) is 5.28. The van der Waals surface area contributed by atoms with Crippen molar-refractivity contribution in [2.24, 2.45) is 0 Å². The Morgan fingerprint density at radius 3 is 2.42 bits per heavy atom. The van der Waals surface area contributed by atoms with Gasteiger partial charge in [0.15, 0.2) is 0 Å². The minimum absolute atomic E-state index is 0.345. The van der Waals surface area contributed by atoms with Crippen LogP contribution in [0.3, 0.4) is 0 Å². The molecule has 0 aliphatic carbocycles. The van der Waals surface area contributed by atoms with E-state index in [1.54, 1.807) is 23.1 Å². The Morgan fingerprint density at radius 1 is 1.37 bits per heavy atom. The Kier molecular flexibility index (Phi) is 5.43. The summed E-state index contributed by atoms with van der Waals surface area (Å²) in [5.74, 6) is 0. The van der Waals surface area contributed by atoms with Crippen molar-refractivity contribution < 1.29 is 9.53 Å². The third kappa shape index (κ3) is 5.79. The van der Waals surface area contributed by atoms with Crippen LogP contribution in [-0.4, -0.2) is 23.1 Å². The molecule has 0 aliphatic rings. The van der Waals surface area contributed by atoms with Crippen molar-refractivity contribution in [2.75, 3.05) is 6.54 Å². The van der Waals surface area contributed by atoms with E-state index in [0.717, 1.165) is 5.56 Å². The number of nitrogens with zero attached hydrogens (tertiary/aromatic N) is 1. The predicted octanol–water partition coefficient (Wildman–Crippen LogP) is 4.26. The number of ether oxygens (including phenoxy) is 1. The molecular formula is C15H20ClNO2. The fourth-order valence-corrected chi connectivity index (χ4v) is 1.62. The molecule has 1 amide bonds. The van der Waals surface area contributed by atoms with E-state index in [1.165, 1.54) is 0 Å². The molecule has 0 bridgehead atoms. The van der Waals surface area contributed by atoms with Gasteiger partial charge in [0, 0.05) is 18.1 Å². The zero-order valence-electron chi connectivity index (χ0n) is 11.6. The quantitative estimate of drug-likeness (QED) is 0.772. The highest BCUT2D eigenvalue weighted by Gasteiger charge is 2.21. The van der Waals surface area contributed by atoms with Crippen LogP contribution in [0.2, 0.25) is 5.02 Å². The fourth-order valence-electron chi connectivity index (χ4n) is 1.50. The molecule has 0 spiro atoms. The Hall–Kier alpha value is -1.48. The van der Waals surface area contributed by atoms with Gasteiger partial charge in [-0.25, -0.2) is 4.79 Å². The van der Waals surface area contributed by atoms with Crippen molar-refractivity contribution in [1.82, 2.24) is 4.90 Å². The summed E-state index contributed by atoms with van der Waals surface area (Å²) in [5.41, 5.74) is 0.494. The highest BCUT2D eigenvalue weighted by molar-refractivity contribution is 6.30. The average molecular weight is 282 g/mol. The molecule has 0 aromatic heterocycles. The molecule has 0 heterocycles. The normalized spacial score (nSPS) is 10.9. The minimum Gasteiger partial charge on any atom is -0.444 e. The molecule has 104 valence electrons. The van der Waals surface area contributed by atoms with Crippen LogP contribution in [0.4, 0.5) is 4.79 Å². The van der Waals surface area contributed by atoms with E-state index in [1.807, 2.05) is 32.9 Å². The molecule has 0 fully saturated rings. The summed E-state index contributed by atoms with van der Waals surface area (Å²) in [6, 6.07) is 7.39. The predicted molar refractivity (Wildman–Crippen MR) is 78.3 cm³/mol. The van der Waals surface area contributed by atoms with Crippen LogP contribution in [0.15, 0.2) is 36.9 Å². The molecule has 1 aromatic rings. The fraction of sp³-hybridized carbons (Fsp3) is 0.400. The first-order chi connectivity index (χ1) is 8.81. The molecule has 0 unspecified atom stereocenters. The lowest BCUT2D eigenvalue weighted by molar-refractivity contribution is 0.0257. The lowest BCUT2D eigenvalue weighted by Crippen LogP contribution is -2.36. The third-order valence-corrected chi connectivity index (χ3v) is 2.54. The van der Waals surface area contributed by atoms with Crippen LogP contribution in [0.5, 0.6) is 0 Å². The lowest BCUT2D eigenvalue weighted by atomic mass is 10.2. The molecule has 3 nitrogen and oxygen atoms in total. The summed E-state index contributed by atoms with van der Waals surface area (Å²) >= 11 is 5.84. The molecule has 1 aromatic carbocycles. The second kappa shape index (κ2) is 6.62. The highest BCUT2D eigenvalue weighted by atomic mass is 35.5. The maximum absolute atomic E-state index is 12.0. The van der Waals surface area contributed by atoms with Gasteiger partial charge in [-0.2, -0.15) is 0 Å². The number of hydrogen-bond donors (Lipinski definition) is 0. The molecule has 1 rings (SSSR count). The van der Waals surface area contributed by atoms with Crippen molar-refractivity contribution >= 4 is 17.7 Å². The summed E-state index contributed by atoms with van der Waals surface area (Å²) in [6.07, 6.45) is 1.34. The van der Waals surface area contributed by atoms with Gasteiger partial charge in [0.1, 0.15) is 5.60 Å². The smallest absolute Gasteiger partial charge is 0.410 e. The van der Waals surface area contributed by atoms with Crippen molar-refractivity contribution in [1.29, 1.82) is 0 Å². The summed E-state index contributed by atoms with van der Waals surface area (Å²) in [7, 11) is 0. The molecule has 19 heavy (non-hydrogen) atoms. The Balaban J connectivity index is 2.74. The number of halogens is 1. The summed E-state index contributed by atoms with van der Waals surface area (Å²) in [5, 5.41) is 0.677. The van der Waals surface area contributed by atoms with E-state index >= 15 is 0 Å². The van der Waals surface area contributed by atoms with E-state index in [9.17, 15) is 4.79 Å². The number of amides is 1. The van der Waals surface area contributed by atoms with E-state index in [0.29, 0.717) is 18.1 Å². The molecule has 0 saturated carbocycles. The molecule has 4 heteroatoms. The highest BCUT2D eigenvalue weighted by Crippen LogP contribution is 2.14. The Bertz CT molecular complexity index is 434. The minimum atomic E-state index is -0.503. The van der Waals surface area contributed by atoms with Gasteiger partial charge in [-0.3, -0.25) is 0 Å². The average Bonchev–Trinajstić information content (AvgIpc) is 2.29. The first-order valence-corrected chi connectivity index (χ1v) is 6.53. The topological polar surface area (TPSA) is 29.5 Å². The molecule has 0 atom stereocenters. The monoisotopic (exact) mass is 281 g/mol. The van der Waals surface area contributed by atoms with E-state index < -0.39 is 5.60 Å². The maximum Gasteiger partial charge on any atom is 0.410 e. The number of carbonyl (C=O) groups is 1. The summed E-state index contributed by atoms with van der Waals surface area (Å²) < 4.78 is 5.36. The van der Waals surface area contributed by atoms with Gasteiger partial charge < -0.3 is 9.64 Å². The van der Waals surface area contributed by atoms with Crippen LogP contribution in [0.25, 0.3) is 0 Å². The van der Waals surface area contributed by atoms with Gasteiger partial charge in [-0.05, 0) is 38.5 Å². The van der Waals surface area contributed by atoms with Crippen LogP contribution < -0.4 is 0 Å². The van der Waals surface area contributed by atoms with Gasteiger partial charge in [-0.1, -0.05) is 29.8 Å². The molecule has 0 N–H and O–H groups in total. The van der Waals surface area contributed by atoms with Gasteiger partial charge in [0.05, 0.1) is 0 Å². The number of benzene rings is 1. The molecule has 0 aliphatic heterocycles. The van der Waals surface area contributed by atoms with Gasteiger partial charge >= 0.3 is 6.09 Å². The van der Waals surface area contributed by atoms with Crippen molar-refractivity contribution in [3.05, 3.63) is 47.5 Å². The first kappa shape index (κ1) is 15.6. The standard InChI is InChI=1S/C15H20ClNO2/c1-5-10-17(14(18)19-15(2,3)4)11-12-6-8-13(16)9-7-12/h5-9H,1,10-11H2,2-4H3. The van der Waals surface area contributed by atoms with Crippen LogP contribution in [0.1, 0.15) is 26.3 Å². The Labute approximate surface area is 119 Å². The molecular weight excluding hydrogens is 262 g/mol. The summed E-state index contributed by atoms with van der Waals surface area (Å²) in [4.78, 5) is 13.6.